The highest BCUT2D eigenvalue weighted by molar-refractivity contribution is 5.79. The molecule has 0 aliphatic rings. The van der Waals surface area contributed by atoms with E-state index < -0.39 is 0 Å². The largest absolute Gasteiger partial charge is 0.333 e. The third-order valence-corrected chi connectivity index (χ3v) is 7.32. The highest BCUT2D eigenvalue weighted by Gasteiger charge is 2.25. The topological polar surface area (TPSA) is 94.3 Å². The van der Waals surface area contributed by atoms with Gasteiger partial charge in [0.2, 0.25) is 5.82 Å². The number of hydrogen-bond acceptors (Lipinski definition) is 5. The van der Waals surface area contributed by atoms with E-state index in [1.54, 1.807) is 6.20 Å². The van der Waals surface area contributed by atoms with E-state index in [0.717, 1.165) is 46.5 Å². The third kappa shape index (κ3) is 5.26. The van der Waals surface area contributed by atoms with Gasteiger partial charge in [0.05, 0.1) is 12.2 Å². The summed E-state index contributed by atoms with van der Waals surface area (Å²) in [5.74, 6) is 0.814. The molecule has 0 saturated carbocycles. The Hall–Kier alpha value is -4.33. The molecule has 0 radical (unpaired) electrons. The van der Waals surface area contributed by atoms with Crippen molar-refractivity contribution in [1.82, 2.24) is 34.7 Å². The lowest BCUT2D eigenvalue weighted by Gasteiger charge is -2.26. The fourth-order valence-electron chi connectivity index (χ4n) is 5.28. The Morgan fingerprint density at radius 1 is 1.00 bits per heavy atom. The summed E-state index contributed by atoms with van der Waals surface area (Å²) >= 11 is 0. The van der Waals surface area contributed by atoms with E-state index in [-0.39, 0.29) is 11.1 Å². The van der Waals surface area contributed by atoms with Crippen LogP contribution in [0.4, 0.5) is 0 Å². The number of para-hydroxylation sites is 1. The summed E-state index contributed by atoms with van der Waals surface area (Å²) in [4.78, 5) is 18.4. The molecule has 40 heavy (non-hydrogen) atoms. The zero-order valence-electron chi connectivity index (χ0n) is 24.1. The SMILES string of the molecule is CCCc1cn(-c2c(C(C)C)cccc2C(C)(C)C)c(=O)n1Cc1ccc(-c2cnccc2-c2nn[nH]n2)cc1. The number of aryl methyl sites for hydroxylation is 1. The lowest BCUT2D eigenvalue weighted by atomic mass is 9.83. The van der Waals surface area contributed by atoms with E-state index >= 15 is 0 Å². The van der Waals surface area contributed by atoms with Gasteiger partial charge in [-0.05, 0) is 51.3 Å². The number of aromatic nitrogens is 7. The number of tetrazole rings is 1. The molecule has 5 aromatic rings. The summed E-state index contributed by atoms with van der Waals surface area (Å²) in [5, 5.41) is 14.5. The van der Waals surface area contributed by atoms with Gasteiger partial charge in [-0.2, -0.15) is 5.21 Å². The summed E-state index contributed by atoms with van der Waals surface area (Å²) in [6, 6.07) is 16.6. The van der Waals surface area contributed by atoms with Crippen molar-refractivity contribution in [1.29, 1.82) is 0 Å². The number of nitrogens with one attached hydrogen (secondary N) is 1. The van der Waals surface area contributed by atoms with Gasteiger partial charge < -0.3 is 0 Å². The molecule has 0 aliphatic carbocycles. The molecule has 0 spiro atoms. The second kappa shape index (κ2) is 11.0. The zero-order chi connectivity index (χ0) is 28.4. The Bertz CT molecular complexity index is 1650. The average Bonchev–Trinajstić information content (AvgIpc) is 3.58. The quantitative estimate of drug-likeness (QED) is 0.252. The van der Waals surface area contributed by atoms with Crippen LogP contribution < -0.4 is 5.69 Å². The Kier molecular flexibility index (Phi) is 7.52. The molecule has 3 aromatic heterocycles. The minimum atomic E-state index is -0.102. The molecule has 0 aliphatic heterocycles. The smallest absolute Gasteiger partial charge is 0.292 e. The maximum atomic E-state index is 14.1. The zero-order valence-corrected chi connectivity index (χ0v) is 24.1. The number of imidazole rings is 1. The molecular weight excluding hydrogens is 498 g/mol. The number of benzene rings is 2. The molecule has 0 fully saturated rings. The highest BCUT2D eigenvalue weighted by atomic mass is 16.1. The van der Waals surface area contributed by atoms with Crippen LogP contribution in [-0.2, 0) is 18.4 Å². The Labute approximate surface area is 235 Å². The number of aromatic amines is 1. The number of hydrogen-bond donors (Lipinski definition) is 1. The van der Waals surface area contributed by atoms with Gasteiger partial charge in [-0.15, -0.1) is 10.2 Å². The maximum absolute atomic E-state index is 14.1. The molecule has 5 rings (SSSR count). The molecule has 1 N–H and O–H groups in total. The predicted molar refractivity (Wildman–Crippen MR) is 159 cm³/mol. The molecule has 0 saturated heterocycles. The minimum Gasteiger partial charge on any atom is -0.292 e. The summed E-state index contributed by atoms with van der Waals surface area (Å²) < 4.78 is 3.82. The van der Waals surface area contributed by atoms with Gasteiger partial charge in [0.1, 0.15) is 0 Å². The number of pyridine rings is 1. The van der Waals surface area contributed by atoms with E-state index in [0.29, 0.717) is 18.3 Å². The van der Waals surface area contributed by atoms with E-state index in [1.807, 2.05) is 21.4 Å². The van der Waals surface area contributed by atoms with Crippen LogP contribution in [0.5, 0.6) is 0 Å². The van der Waals surface area contributed by atoms with Crippen LogP contribution in [0.25, 0.3) is 28.2 Å². The van der Waals surface area contributed by atoms with Crippen molar-refractivity contribution < 1.29 is 0 Å². The highest BCUT2D eigenvalue weighted by Crippen LogP contribution is 2.34. The number of rotatable bonds is 8. The van der Waals surface area contributed by atoms with Crippen molar-refractivity contribution in [2.24, 2.45) is 0 Å². The first-order valence-electron chi connectivity index (χ1n) is 13.9. The van der Waals surface area contributed by atoms with Crippen molar-refractivity contribution in [3.05, 3.63) is 100.0 Å². The van der Waals surface area contributed by atoms with Crippen molar-refractivity contribution in [2.45, 2.75) is 72.3 Å². The summed E-state index contributed by atoms with van der Waals surface area (Å²) in [6.45, 7) is 13.7. The second-order valence-corrected chi connectivity index (χ2v) is 11.6. The molecule has 2 aromatic carbocycles. The van der Waals surface area contributed by atoms with E-state index in [1.165, 1.54) is 11.1 Å². The van der Waals surface area contributed by atoms with Crippen LogP contribution in [0.1, 0.15) is 76.3 Å². The summed E-state index contributed by atoms with van der Waals surface area (Å²) in [5.41, 5.74) is 8.16. The molecule has 0 atom stereocenters. The molecule has 206 valence electrons. The molecule has 3 heterocycles. The normalized spacial score (nSPS) is 11.9. The first-order valence-corrected chi connectivity index (χ1v) is 13.9. The Balaban J connectivity index is 1.55. The fraction of sp³-hybridized carbons (Fsp3) is 0.344. The fourth-order valence-corrected chi connectivity index (χ4v) is 5.28. The third-order valence-electron chi connectivity index (χ3n) is 7.32. The Morgan fingerprint density at radius 3 is 2.42 bits per heavy atom. The van der Waals surface area contributed by atoms with Crippen LogP contribution >= 0.6 is 0 Å². The predicted octanol–water partition coefficient (Wildman–Crippen LogP) is 6.30. The van der Waals surface area contributed by atoms with Gasteiger partial charge in [-0.25, -0.2) is 4.79 Å². The van der Waals surface area contributed by atoms with Gasteiger partial charge in [0.15, 0.2) is 0 Å². The summed E-state index contributed by atoms with van der Waals surface area (Å²) in [7, 11) is 0. The van der Waals surface area contributed by atoms with Gasteiger partial charge in [-0.3, -0.25) is 14.1 Å². The van der Waals surface area contributed by atoms with Gasteiger partial charge in [0.25, 0.3) is 0 Å². The van der Waals surface area contributed by atoms with Gasteiger partial charge >= 0.3 is 5.69 Å². The van der Waals surface area contributed by atoms with Crippen LogP contribution in [0.15, 0.2) is 71.9 Å². The lowest BCUT2D eigenvalue weighted by molar-refractivity contribution is 0.582. The van der Waals surface area contributed by atoms with E-state index in [2.05, 4.69) is 116 Å². The second-order valence-electron chi connectivity index (χ2n) is 11.6. The summed E-state index contributed by atoms with van der Waals surface area (Å²) in [6.07, 6.45) is 7.38. The standard InChI is InChI=1S/C32H37N7O/c1-7-9-24-20-39(29-25(21(2)3)10-8-11-28(29)32(4,5)6)31(40)38(24)19-22-12-14-23(15-13-22)27-18-33-17-16-26(27)30-34-36-37-35-30/h8,10-18,20-21H,7,9,19H2,1-6H3,(H,34,35,36,37). The van der Waals surface area contributed by atoms with Crippen molar-refractivity contribution >= 4 is 0 Å². The minimum absolute atomic E-state index is 0.00206. The molecule has 8 nitrogen and oxygen atoms in total. The number of H-pyrrole nitrogens is 1. The maximum Gasteiger partial charge on any atom is 0.333 e. The van der Waals surface area contributed by atoms with Gasteiger partial charge in [-0.1, -0.05) is 90.4 Å². The van der Waals surface area contributed by atoms with Crippen LogP contribution in [-0.4, -0.2) is 34.7 Å². The monoisotopic (exact) mass is 535 g/mol. The average molecular weight is 536 g/mol. The molecule has 0 unspecified atom stereocenters. The molecule has 0 amide bonds. The van der Waals surface area contributed by atoms with E-state index in [9.17, 15) is 4.79 Å². The number of nitrogens with zero attached hydrogens (tertiary/aromatic N) is 6. The van der Waals surface area contributed by atoms with Crippen LogP contribution in [0, 0.1) is 0 Å². The van der Waals surface area contributed by atoms with Crippen molar-refractivity contribution in [3.63, 3.8) is 0 Å². The lowest BCUT2D eigenvalue weighted by Crippen LogP contribution is -2.27. The first kappa shape index (κ1) is 27.2. The first-order chi connectivity index (χ1) is 19.2. The van der Waals surface area contributed by atoms with Crippen LogP contribution in [0.3, 0.4) is 0 Å². The van der Waals surface area contributed by atoms with Gasteiger partial charge in [0, 0.05) is 35.4 Å². The molecule has 0 bridgehead atoms. The molecule has 8 heteroatoms. The van der Waals surface area contributed by atoms with Crippen molar-refractivity contribution in [2.75, 3.05) is 0 Å². The Morgan fingerprint density at radius 2 is 1.77 bits per heavy atom. The van der Waals surface area contributed by atoms with Crippen molar-refractivity contribution in [3.8, 4) is 28.2 Å². The van der Waals surface area contributed by atoms with Crippen LogP contribution in [0.2, 0.25) is 0 Å². The van der Waals surface area contributed by atoms with E-state index in [4.69, 9.17) is 0 Å². The molecular formula is C32H37N7O.